The fourth-order valence-corrected chi connectivity index (χ4v) is 4.63. The number of esters is 1. The van der Waals surface area contributed by atoms with Crippen LogP contribution in [0.3, 0.4) is 0 Å². The summed E-state index contributed by atoms with van der Waals surface area (Å²) in [6, 6.07) is 5.37. The average Bonchev–Trinajstić information content (AvgIpc) is 2.67. The molecule has 0 spiro atoms. The van der Waals surface area contributed by atoms with Crippen LogP contribution in [0.15, 0.2) is 29.2 Å². The normalized spacial score (nSPS) is 18.8. The molecular weight excluding hydrogens is 388 g/mol. The molecular formula is C18H24N2O7S. The zero-order valence-corrected chi connectivity index (χ0v) is 16.8. The van der Waals surface area contributed by atoms with Crippen LogP contribution in [-0.4, -0.2) is 56.5 Å². The molecule has 10 heteroatoms. The number of carbonyl (C=O) groups is 3. The van der Waals surface area contributed by atoms with Gasteiger partial charge in [-0.25, -0.2) is 18.0 Å². The van der Waals surface area contributed by atoms with Crippen molar-refractivity contribution in [3.63, 3.8) is 0 Å². The van der Waals surface area contributed by atoms with Crippen molar-refractivity contribution in [2.45, 2.75) is 50.2 Å². The van der Waals surface area contributed by atoms with Gasteiger partial charge < -0.3 is 9.47 Å². The maximum absolute atomic E-state index is 12.9. The van der Waals surface area contributed by atoms with Crippen molar-refractivity contribution in [2.24, 2.45) is 0 Å². The number of carbonyl (C=O) groups excluding carboxylic acids is 3. The number of hydrogen-bond acceptors (Lipinski definition) is 7. The highest BCUT2D eigenvalue weighted by Gasteiger charge is 2.31. The number of nitrogens with zero attached hydrogens (tertiary/aromatic N) is 1. The molecule has 1 aliphatic rings. The number of amides is 2. The monoisotopic (exact) mass is 412 g/mol. The van der Waals surface area contributed by atoms with Crippen LogP contribution >= 0.6 is 0 Å². The zero-order chi connectivity index (χ0) is 20.9. The molecule has 0 radical (unpaired) electrons. The van der Waals surface area contributed by atoms with E-state index < -0.39 is 34.1 Å². The number of alkyl carbamates (subject to hydrolysis) is 1. The van der Waals surface area contributed by atoms with E-state index in [9.17, 15) is 22.8 Å². The van der Waals surface area contributed by atoms with Gasteiger partial charge in [0.25, 0.3) is 5.91 Å². The molecule has 0 aromatic heterocycles. The largest absolute Gasteiger partial charge is 0.453 e. The van der Waals surface area contributed by atoms with E-state index >= 15 is 0 Å². The fourth-order valence-electron chi connectivity index (χ4n) is 2.88. The molecule has 0 aliphatic carbocycles. The first kappa shape index (κ1) is 21.8. The van der Waals surface area contributed by atoms with Crippen LogP contribution in [0.25, 0.3) is 0 Å². The number of hydrogen-bond donors (Lipinski definition) is 1. The smallest absolute Gasteiger partial charge is 0.413 e. The Morgan fingerprint density at radius 2 is 1.96 bits per heavy atom. The van der Waals surface area contributed by atoms with Crippen LogP contribution in [0.1, 0.15) is 43.5 Å². The third-order valence-corrected chi connectivity index (χ3v) is 6.49. The second kappa shape index (κ2) is 9.16. The second-order valence-electron chi connectivity index (χ2n) is 6.52. The van der Waals surface area contributed by atoms with Crippen LogP contribution in [0.2, 0.25) is 0 Å². The summed E-state index contributed by atoms with van der Waals surface area (Å²) in [5.74, 6) is -1.73. The third-order valence-electron chi connectivity index (χ3n) is 4.48. The van der Waals surface area contributed by atoms with Crippen LogP contribution in [0.4, 0.5) is 4.79 Å². The van der Waals surface area contributed by atoms with Gasteiger partial charge in [-0.1, -0.05) is 12.5 Å². The lowest BCUT2D eigenvalue weighted by molar-refractivity contribution is -0.128. The van der Waals surface area contributed by atoms with Gasteiger partial charge in [-0.2, -0.15) is 4.31 Å². The highest BCUT2D eigenvalue weighted by molar-refractivity contribution is 7.89. The van der Waals surface area contributed by atoms with Crippen molar-refractivity contribution in [2.75, 3.05) is 13.7 Å². The molecule has 0 unspecified atom stereocenters. The van der Waals surface area contributed by atoms with E-state index in [4.69, 9.17) is 4.74 Å². The summed E-state index contributed by atoms with van der Waals surface area (Å²) in [6.07, 6.45) is 0.308. The van der Waals surface area contributed by atoms with Crippen molar-refractivity contribution in [3.05, 3.63) is 29.8 Å². The van der Waals surface area contributed by atoms with Crippen molar-refractivity contribution in [1.82, 2.24) is 9.62 Å². The Morgan fingerprint density at radius 3 is 2.61 bits per heavy atom. The zero-order valence-electron chi connectivity index (χ0n) is 16.0. The highest BCUT2D eigenvalue weighted by atomic mass is 32.2. The fraction of sp³-hybridized carbons (Fsp3) is 0.500. The van der Waals surface area contributed by atoms with Gasteiger partial charge in [0.05, 0.1) is 17.6 Å². The Bertz CT molecular complexity index is 853. The molecule has 154 valence electrons. The van der Waals surface area contributed by atoms with E-state index in [0.29, 0.717) is 6.54 Å². The van der Waals surface area contributed by atoms with Gasteiger partial charge in [0.1, 0.15) is 0 Å². The molecule has 1 aliphatic heterocycles. The summed E-state index contributed by atoms with van der Waals surface area (Å²) in [5, 5.41) is 1.89. The van der Waals surface area contributed by atoms with Gasteiger partial charge in [-0.3, -0.25) is 10.1 Å². The first-order valence-corrected chi connectivity index (χ1v) is 10.3. The number of nitrogens with one attached hydrogen (secondary N) is 1. The maximum atomic E-state index is 12.9. The summed E-state index contributed by atoms with van der Waals surface area (Å²) < 4.78 is 36.6. The van der Waals surface area contributed by atoms with E-state index in [1.165, 1.54) is 35.5 Å². The molecule has 2 rings (SSSR count). The number of methoxy groups -OCH3 is 1. The minimum atomic E-state index is -3.75. The SMILES string of the molecule is COC(=O)NC(=O)[C@H](C)OC(=O)c1cccc(S(=O)(=O)N2CCCC[C@@H]2C)c1. The van der Waals surface area contributed by atoms with E-state index in [1.54, 1.807) is 0 Å². The van der Waals surface area contributed by atoms with Gasteiger partial charge in [0.15, 0.2) is 6.10 Å². The lowest BCUT2D eigenvalue weighted by Gasteiger charge is -2.32. The second-order valence-corrected chi connectivity index (χ2v) is 8.41. The molecule has 2 amide bonds. The predicted molar refractivity (Wildman–Crippen MR) is 99.1 cm³/mol. The number of piperidine rings is 1. The number of benzene rings is 1. The lowest BCUT2D eigenvalue weighted by Crippen LogP contribution is -2.42. The van der Waals surface area contributed by atoms with Crippen LogP contribution in [0.5, 0.6) is 0 Å². The summed E-state index contributed by atoms with van der Waals surface area (Å²) in [5.41, 5.74) is -0.0107. The molecule has 1 heterocycles. The summed E-state index contributed by atoms with van der Waals surface area (Å²) in [6.45, 7) is 3.57. The molecule has 28 heavy (non-hydrogen) atoms. The standard InChI is InChI=1S/C18H24N2O7S/c1-12-7-4-5-10-20(12)28(24,25)15-9-6-8-14(11-15)17(22)27-13(2)16(21)19-18(23)26-3/h6,8-9,11-13H,4-5,7,10H2,1-3H3,(H,19,21,23)/t12-,13-/m0/s1. The quantitative estimate of drug-likeness (QED) is 0.731. The van der Waals surface area contributed by atoms with E-state index in [1.807, 2.05) is 12.2 Å². The van der Waals surface area contributed by atoms with Gasteiger partial charge in [0, 0.05) is 12.6 Å². The molecule has 0 bridgehead atoms. The minimum absolute atomic E-state index is 0.0107. The number of sulfonamides is 1. The number of imide groups is 1. The van der Waals surface area contributed by atoms with Crippen LogP contribution in [0, 0.1) is 0 Å². The summed E-state index contributed by atoms with van der Waals surface area (Å²) in [7, 11) is -2.65. The Hall–Kier alpha value is -2.46. The van der Waals surface area contributed by atoms with Gasteiger partial charge >= 0.3 is 12.1 Å². The molecule has 1 fully saturated rings. The van der Waals surface area contributed by atoms with Gasteiger partial charge in [0.2, 0.25) is 10.0 Å². The molecule has 0 saturated carbocycles. The van der Waals surface area contributed by atoms with E-state index in [2.05, 4.69) is 4.74 Å². The minimum Gasteiger partial charge on any atom is -0.453 e. The Morgan fingerprint density at radius 1 is 1.25 bits per heavy atom. The number of rotatable bonds is 5. The Labute approximate surface area is 164 Å². The summed E-state index contributed by atoms with van der Waals surface area (Å²) >= 11 is 0. The molecule has 1 N–H and O–H groups in total. The average molecular weight is 412 g/mol. The van der Waals surface area contributed by atoms with Crippen LogP contribution < -0.4 is 5.32 Å². The van der Waals surface area contributed by atoms with Crippen molar-refractivity contribution < 1.29 is 32.3 Å². The van der Waals surface area contributed by atoms with Crippen molar-refractivity contribution in [3.8, 4) is 0 Å². The molecule has 2 atom stereocenters. The molecule has 1 aromatic rings. The van der Waals surface area contributed by atoms with E-state index in [-0.39, 0.29) is 16.5 Å². The van der Waals surface area contributed by atoms with Crippen molar-refractivity contribution in [1.29, 1.82) is 0 Å². The number of ether oxygens (including phenoxy) is 2. The molecule has 1 saturated heterocycles. The molecule has 9 nitrogen and oxygen atoms in total. The van der Waals surface area contributed by atoms with Crippen molar-refractivity contribution >= 4 is 28.0 Å². The van der Waals surface area contributed by atoms with Crippen LogP contribution in [-0.2, 0) is 24.3 Å². The lowest BCUT2D eigenvalue weighted by atomic mass is 10.1. The summed E-state index contributed by atoms with van der Waals surface area (Å²) in [4.78, 5) is 35.1. The predicted octanol–water partition coefficient (Wildman–Crippen LogP) is 1.68. The van der Waals surface area contributed by atoms with Gasteiger partial charge in [-0.15, -0.1) is 0 Å². The first-order chi connectivity index (χ1) is 13.2. The Balaban J connectivity index is 2.14. The topological polar surface area (TPSA) is 119 Å². The molecule has 1 aromatic carbocycles. The van der Waals surface area contributed by atoms with E-state index in [0.717, 1.165) is 26.4 Å². The first-order valence-electron chi connectivity index (χ1n) is 8.88. The Kier molecular flexibility index (Phi) is 7.14. The van der Waals surface area contributed by atoms with Gasteiger partial charge in [-0.05, 0) is 44.9 Å². The third kappa shape index (κ3) is 5.08. The highest BCUT2D eigenvalue weighted by Crippen LogP contribution is 2.25. The maximum Gasteiger partial charge on any atom is 0.413 e.